The molecule has 6 nitrogen and oxygen atoms in total. The lowest BCUT2D eigenvalue weighted by Gasteiger charge is -2.24. The first-order valence-corrected chi connectivity index (χ1v) is 8.57. The van der Waals surface area contributed by atoms with Crippen LogP contribution < -0.4 is 9.64 Å². The molecule has 6 heteroatoms. The molecule has 1 aliphatic rings. The number of aryl methyl sites for hydroxylation is 2. The molecule has 1 saturated heterocycles. The topological polar surface area (TPSA) is 58.6 Å². The van der Waals surface area contributed by atoms with E-state index in [0.29, 0.717) is 17.9 Å². The molecule has 0 radical (unpaired) electrons. The molecule has 0 spiro atoms. The number of amides is 1. The molecule has 0 unspecified atom stereocenters. The summed E-state index contributed by atoms with van der Waals surface area (Å²) in [7, 11) is 1.61. The first kappa shape index (κ1) is 17.2. The van der Waals surface area contributed by atoms with Crippen LogP contribution in [0.1, 0.15) is 28.2 Å². The van der Waals surface area contributed by atoms with Crippen LogP contribution in [0.25, 0.3) is 0 Å². The molecule has 0 saturated carbocycles. The Balaban J connectivity index is 1.72. The van der Waals surface area contributed by atoms with Crippen molar-refractivity contribution in [1.82, 2.24) is 14.9 Å². The van der Waals surface area contributed by atoms with Crippen LogP contribution >= 0.6 is 0 Å². The summed E-state index contributed by atoms with van der Waals surface area (Å²) >= 11 is 0. The fourth-order valence-corrected chi connectivity index (χ4v) is 3.10. The third-order valence-corrected chi connectivity index (χ3v) is 4.45. The quantitative estimate of drug-likeness (QED) is 0.859. The van der Waals surface area contributed by atoms with Crippen molar-refractivity contribution in [1.29, 1.82) is 0 Å². The summed E-state index contributed by atoms with van der Waals surface area (Å²) in [5.41, 5.74) is 2.51. The minimum atomic E-state index is 0.0489. The summed E-state index contributed by atoms with van der Waals surface area (Å²) in [5.74, 6) is 1.68. The standard InChI is InChI=1S/C19H24N4O2/c1-14-13-20-15(2)18(21-14)22-8-5-9-23(11-10-22)19(24)16-6-4-7-17(12-16)25-3/h4,6-7,12-13H,5,8-11H2,1-3H3. The van der Waals surface area contributed by atoms with E-state index in [4.69, 9.17) is 4.74 Å². The molecule has 1 aromatic heterocycles. The monoisotopic (exact) mass is 340 g/mol. The molecule has 0 N–H and O–H groups in total. The van der Waals surface area contributed by atoms with E-state index in [-0.39, 0.29) is 5.91 Å². The average Bonchev–Trinajstić information content (AvgIpc) is 2.89. The van der Waals surface area contributed by atoms with Gasteiger partial charge in [-0.15, -0.1) is 0 Å². The zero-order valence-corrected chi connectivity index (χ0v) is 15.0. The summed E-state index contributed by atoms with van der Waals surface area (Å²) in [4.78, 5) is 26.0. The highest BCUT2D eigenvalue weighted by Gasteiger charge is 2.22. The van der Waals surface area contributed by atoms with Crippen LogP contribution in [0.3, 0.4) is 0 Å². The van der Waals surface area contributed by atoms with Gasteiger partial charge in [0, 0.05) is 37.9 Å². The maximum absolute atomic E-state index is 12.8. The van der Waals surface area contributed by atoms with E-state index in [0.717, 1.165) is 43.3 Å². The van der Waals surface area contributed by atoms with Crippen LogP contribution in [-0.4, -0.2) is 54.1 Å². The molecule has 2 aromatic rings. The van der Waals surface area contributed by atoms with Crippen molar-refractivity contribution in [2.24, 2.45) is 0 Å². The first-order valence-electron chi connectivity index (χ1n) is 8.57. The first-order chi connectivity index (χ1) is 12.1. The maximum Gasteiger partial charge on any atom is 0.254 e. The zero-order valence-electron chi connectivity index (χ0n) is 15.0. The largest absolute Gasteiger partial charge is 0.497 e. The van der Waals surface area contributed by atoms with E-state index in [1.807, 2.05) is 36.9 Å². The average molecular weight is 340 g/mol. The van der Waals surface area contributed by atoms with E-state index in [2.05, 4.69) is 14.9 Å². The van der Waals surface area contributed by atoms with Crippen molar-refractivity contribution in [2.75, 3.05) is 38.2 Å². The fourth-order valence-electron chi connectivity index (χ4n) is 3.10. The molecule has 25 heavy (non-hydrogen) atoms. The number of methoxy groups -OCH3 is 1. The number of nitrogens with zero attached hydrogens (tertiary/aromatic N) is 4. The lowest BCUT2D eigenvalue weighted by Crippen LogP contribution is -2.35. The number of rotatable bonds is 3. The predicted octanol–water partition coefficient (Wildman–Crippen LogP) is 2.45. The van der Waals surface area contributed by atoms with E-state index < -0.39 is 0 Å². The predicted molar refractivity (Wildman–Crippen MR) is 97.2 cm³/mol. The van der Waals surface area contributed by atoms with Gasteiger partial charge in [-0.05, 0) is 38.5 Å². The number of carbonyl (C=O) groups is 1. The number of ether oxygens (including phenoxy) is 1. The van der Waals surface area contributed by atoms with Gasteiger partial charge in [-0.2, -0.15) is 0 Å². The number of hydrogen-bond donors (Lipinski definition) is 0. The van der Waals surface area contributed by atoms with Gasteiger partial charge in [0.15, 0.2) is 0 Å². The Hall–Kier alpha value is -2.63. The number of aromatic nitrogens is 2. The molecule has 132 valence electrons. The van der Waals surface area contributed by atoms with Gasteiger partial charge in [0.25, 0.3) is 5.91 Å². The van der Waals surface area contributed by atoms with Crippen molar-refractivity contribution >= 4 is 11.7 Å². The van der Waals surface area contributed by atoms with Crippen LogP contribution in [0.2, 0.25) is 0 Å². The summed E-state index contributed by atoms with van der Waals surface area (Å²) < 4.78 is 5.22. The van der Waals surface area contributed by atoms with Crippen LogP contribution in [-0.2, 0) is 0 Å². The molecule has 1 fully saturated rings. The van der Waals surface area contributed by atoms with Crippen molar-refractivity contribution in [3.8, 4) is 5.75 Å². The van der Waals surface area contributed by atoms with Crippen molar-refractivity contribution in [3.63, 3.8) is 0 Å². The molecule has 1 aromatic carbocycles. The fraction of sp³-hybridized carbons (Fsp3) is 0.421. The molecule has 1 amide bonds. The van der Waals surface area contributed by atoms with Gasteiger partial charge >= 0.3 is 0 Å². The Morgan fingerprint density at radius 1 is 1.16 bits per heavy atom. The number of benzene rings is 1. The van der Waals surface area contributed by atoms with Crippen LogP contribution in [0.15, 0.2) is 30.5 Å². The summed E-state index contributed by atoms with van der Waals surface area (Å²) in [6.45, 7) is 6.98. The Morgan fingerprint density at radius 2 is 2.00 bits per heavy atom. The van der Waals surface area contributed by atoms with Gasteiger partial charge in [-0.3, -0.25) is 9.78 Å². The lowest BCUT2D eigenvalue weighted by molar-refractivity contribution is 0.0766. The van der Waals surface area contributed by atoms with Crippen molar-refractivity contribution < 1.29 is 9.53 Å². The number of carbonyl (C=O) groups excluding carboxylic acids is 1. The van der Waals surface area contributed by atoms with Gasteiger partial charge in [-0.1, -0.05) is 6.07 Å². The molecular formula is C19H24N4O2. The Bertz CT molecular complexity index is 763. The number of anilines is 1. The molecule has 0 aliphatic carbocycles. The molecule has 1 aliphatic heterocycles. The number of hydrogen-bond acceptors (Lipinski definition) is 5. The Kier molecular flexibility index (Phi) is 5.16. The summed E-state index contributed by atoms with van der Waals surface area (Å²) in [5, 5.41) is 0. The zero-order chi connectivity index (χ0) is 17.8. The summed E-state index contributed by atoms with van der Waals surface area (Å²) in [6.07, 6.45) is 2.69. The Labute approximate surface area is 148 Å². The lowest BCUT2D eigenvalue weighted by atomic mass is 10.2. The van der Waals surface area contributed by atoms with Gasteiger partial charge in [0.1, 0.15) is 11.6 Å². The highest BCUT2D eigenvalue weighted by atomic mass is 16.5. The van der Waals surface area contributed by atoms with Gasteiger partial charge in [0.05, 0.1) is 18.5 Å². The van der Waals surface area contributed by atoms with Crippen molar-refractivity contribution in [3.05, 3.63) is 47.4 Å². The smallest absolute Gasteiger partial charge is 0.254 e. The minimum Gasteiger partial charge on any atom is -0.497 e. The molecule has 0 atom stereocenters. The SMILES string of the molecule is COc1cccc(C(=O)N2CCCN(c3nc(C)cnc3C)CC2)c1. The van der Waals surface area contributed by atoms with Crippen LogP contribution in [0.4, 0.5) is 5.82 Å². The Morgan fingerprint density at radius 3 is 2.80 bits per heavy atom. The van der Waals surface area contributed by atoms with E-state index in [1.54, 1.807) is 19.4 Å². The maximum atomic E-state index is 12.8. The molecule has 3 rings (SSSR count). The molecular weight excluding hydrogens is 316 g/mol. The van der Waals surface area contributed by atoms with E-state index in [1.165, 1.54) is 0 Å². The minimum absolute atomic E-state index is 0.0489. The normalized spacial score (nSPS) is 15.0. The highest BCUT2D eigenvalue weighted by Crippen LogP contribution is 2.19. The van der Waals surface area contributed by atoms with Crippen LogP contribution in [0.5, 0.6) is 5.75 Å². The highest BCUT2D eigenvalue weighted by molar-refractivity contribution is 5.94. The third kappa shape index (κ3) is 3.90. The molecule has 0 bridgehead atoms. The van der Waals surface area contributed by atoms with E-state index in [9.17, 15) is 4.79 Å². The van der Waals surface area contributed by atoms with E-state index >= 15 is 0 Å². The summed E-state index contributed by atoms with van der Waals surface area (Å²) in [6, 6.07) is 7.33. The third-order valence-electron chi connectivity index (χ3n) is 4.45. The van der Waals surface area contributed by atoms with Crippen LogP contribution in [0, 0.1) is 13.8 Å². The van der Waals surface area contributed by atoms with Gasteiger partial charge < -0.3 is 14.5 Å². The second-order valence-corrected chi connectivity index (χ2v) is 6.29. The van der Waals surface area contributed by atoms with Gasteiger partial charge in [0.2, 0.25) is 0 Å². The van der Waals surface area contributed by atoms with Gasteiger partial charge in [-0.25, -0.2) is 4.98 Å². The second kappa shape index (κ2) is 7.51. The van der Waals surface area contributed by atoms with Crippen molar-refractivity contribution in [2.45, 2.75) is 20.3 Å². The second-order valence-electron chi connectivity index (χ2n) is 6.29. The molecule has 2 heterocycles.